The van der Waals surface area contributed by atoms with Gasteiger partial charge in [-0.05, 0) is 18.6 Å². The van der Waals surface area contributed by atoms with Crippen molar-refractivity contribution >= 4 is 17.3 Å². The minimum Gasteiger partial charge on any atom is -0.497 e. The van der Waals surface area contributed by atoms with Crippen molar-refractivity contribution in [3.05, 3.63) is 23.2 Å². The third-order valence-electron chi connectivity index (χ3n) is 1.83. The maximum Gasteiger partial charge on any atom is 0.120 e. The lowest BCUT2D eigenvalue weighted by molar-refractivity contribution is 0.292. The molecule has 0 unspecified atom stereocenters. The Hall–Kier alpha value is -0.930. The molecule has 0 aliphatic heterocycles. The van der Waals surface area contributed by atoms with Crippen LogP contribution in [0.15, 0.2) is 18.2 Å². The molecule has 1 rings (SSSR count). The summed E-state index contributed by atoms with van der Waals surface area (Å²) in [5.74, 6) is 0.739. The Labute approximate surface area is 88.7 Å². The van der Waals surface area contributed by atoms with Crippen LogP contribution in [-0.4, -0.2) is 25.4 Å². The third-order valence-corrected chi connectivity index (χ3v) is 2.14. The summed E-state index contributed by atoms with van der Waals surface area (Å²) in [4.78, 5) is 0. The normalized spacial score (nSPS) is 9.93. The molecule has 0 saturated heterocycles. The Kier molecular flexibility index (Phi) is 4.56. The predicted molar refractivity (Wildman–Crippen MR) is 58.2 cm³/mol. The Morgan fingerprint density at radius 2 is 2.29 bits per heavy atom. The van der Waals surface area contributed by atoms with E-state index in [1.807, 2.05) is 12.1 Å². The number of anilines is 1. The molecule has 0 atom stereocenters. The van der Waals surface area contributed by atoms with Crippen LogP contribution < -0.4 is 10.1 Å². The van der Waals surface area contributed by atoms with Crippen molar-refractivity contribution in [3.8, 4) is 5.75 Å². The van der Waals surface area contributed by atoms with Crippen LogP contribution in [0.4, 0.5) is 5.69 Å². The summed E-state index contributed by atoms with van der Waals surface area (Å²) >= 11 is 5.98. The van der Waals surface area contributed by atoms with Crippen LogP contribution in [0.1, 0.15) is 6.42 Å². The smallest absolute Gasteiger partial charge is 0.120 e. The van der Waals surface area contributed by atoms with Gasteiger partial charge in [-0.15, -0.1) is 0 Å². The van der Waals surface area contributed by atoms with E-state index in [1.54, 1.807) is 13.2 Å². The molecule has 0 heterocycles. The number of hydrogen-bond donors (Lipinski definition) is 2. The molecule has 0 aromatic heterocycles. The van der Waals surface area contributed by atoms with E-state index in [1.165, 1.54) is 0 Å². The van der Waals surface area contributed by atoms with Crippen LogP contribution in [0.5, 0.6) is 5.75 Å². The second-order valence-electron chi connectivity index (χ2n) is 2.85. The van der Waals surface area contributed by atoms with Gasteiger partial charge in [-0.25, -0.2) is 0 Å². The Morgan fingerprint density at radius 3 is 2.86 bits per heavy atom. The number of methoxy groups -OCH3 is 1. The van der Waals surface area contributed by atoms with E-state index >= 15 is 0 Å². The first kappa shape index (κ1) is 11.1. The number of hydrogen-bond acceptors (Lipinski definition) is 3. The summed E-state index contributed by atoms with van der Waals surface area (Å²) in [6.07, 6.45) is 0.711. The predicted octanol–water partition coefficient (Wildman–Crippen LogP) is 2.14. The van der Waals surface area contributed by atoms with Crippen molar-refractivity contribution in [3.63, 3.8) is 0 Å². The van der Waals surface area contributed by atoms with Crippen molar-refractivity contribution in [2.24, 2.45) is 0 Å². The standard InChI is InChI=1S/C10H14ClNO2/c1-14-8-3-4-10(9(11)7-8)12-5-2-6-13/h3-4,7,12-13H,2,5-6H2,1H3. The van der Waals surface area contributed by atoms with E-state index in [0.717, 1.165) is 11.4 Å². The lowest BCUT2D eigenvalue weighted by Crippen LogP contribution is -2.03. The molecule has 0 radical (unpaired) electrons. The summed E-state index contributed by atoms with van der Waals surface area (Å²) in [6, 6.07) is 5.45. The van der Waals surface area contributed by atoms with Crippen molar-refractivity contribution in [2.45, 2.75) is 6.42 Å². The third kappa shape index (κ3) is 3.09. The minimum absolute atomic E-state index is 0.181. The van der Waals surface area contributed by atoms with Gasteiger partial charge in [-0.3, -0.25) is 0 Å². The molecule has 78 valence electrons. The molecule has 0 bridgehead atoms. The molecule has 4 heteroatoms. The van der Waals surface area contributed by atoms with Gasteiger partial charge in [0.25, 0.3) is 0 Å². The highest BCUT2D eigenvalue weighted by Crippen LogP contribution is 2.26. The van der Waals surface area contributed by atoms with Crippen LogP contribution in [-0.2, 0) is 0 Å². The quantitative estimate of drug-likeness (QED) is 0.740. The highest BCUT2D eigenvalue weighted by Gasteiger charge is 2.00. The summed E-state index contributed by atoms with van der Waals surface area (Å²) < 4.78 is 5.02. The molecule has 0 aliphatic rings. The Bertz CT molecular complexity index is 291. The van der Waals surface area contributed by atoms with Crippen molar-refractivity contribution in [1.29, 1.82) is 0 Å². The first-order valence-electron chi connectivity index (χ1n) is 4.46. The fourth-order valence-electron chi connectivity index (χ4n) is 1.07. The van der Waals surface area contributed by atoms with Crippen LogP contribution in [0.2, 0.25) is 5.02 Å². The van der Waals surface area contributed by atoms with Crippen molar-refractivity contribution in [2.75, 3.05) is 25.6 Å². The number of benzene rings is 1. The van der Waals surface area contributed by atoms with E-state index in [-0.39, 0.29) is 6.61 Å². The summed E-state index contributed by atoms with van der Waals surface area (Å²) in [5, 5.41) is 12.3. The van der Waals surface area contributed by atoms with Crippen molar-refractivity contribution < 1.29 is 9.84 Å². The zero-order chi connectivity index (χ0) is 10.4. The molecule has 0 aliphatic carbocycles. The van der Waals surface area contributed by atoms with E-state index in [0.29, 0.717) is 18.0 Å². The number of ether oxygens (including phenoxy) is 1. The lowest BCUT2D eigenvalue weighted by Gasteiger charge is -2.08. The fraction of sp³-hybridized carbons (Fsp3) is 0.400. The van der Waals surface area contributed by atoms with Gasteiger partial charge in [0.2, 0.25) is 0 Å². The first-order chi connectivity index (χ1) is 6.77. The largest absolute Gasteiger partial charge is 0.497 e. The number of aliphatic hydroxyl groups excluding tert-OH is 1. The zero-order valence-corrected chi connectivity index (χ0v) is 8.84. The molecular weight excluding hydrogens is 202 g/mol. The van der Waals surface area contributed by atoms with Gasteiger partial charge in [0.05, 0.1) is 17.8 Å². The fourth-order valence-corrected chi connectivity index (χ4v) is 1.31. The lowest BCUT2D eigenvalue weighted by atomic mass is 10.3. The number of halogens is 1. The van der Waals surface area contributed by atoms with Gasteiger partial charge in [-0.1, -0.05) is 11.6 Å². The average molecular weight is 216 g/mol. The topological polar surface area (TPSA) is 41.5 Å². The molecule has 0 fully saturated rings. The average Bonchev–Trinajstić information content (AvgIpc) is 2.20. The van der Waals surface area contributed by atoms with E-state index in [9.17, 15) is 0 Å². The van der Waals surface area contributed by atoms with Crippen LogP contribution in [0, 0.1) is 0 Å². The Morgan fingerprint density at radius 1 is 1.50 bits per heavy atom. The monoisotopic (exact) mass is 215 g/mol. The Balaban J connectivity index is 2.59. The molecule has 0 saturated carbocycles. The second kappa shape index (κ2) is 5.73. The van der Waals surface area contributed by atoms with Crippen LogP contribution in [0.3, 0.4) is 0 Å². The SMILES string of the molecule is COc1ccc(NCCCO)c(Cl)c1. The number of nitrogens with one attached hydrogen (secondary N) is 1. The molecular formula is C10H14ClNO2. The minimum atomic E-state index is 0.181. The summed E-state index contributed by atoms with van der Waals surface area (Å²) in [5.41, 5.74) is 0.862. The van der Waals surface area contributed by atoms with Gasteiger partial charge < -0.3 is 15.2 Å². The maximum atomic E-state index is 8.60. The molecule has 1 aromatic carbocycles. The van der Waals surface area contributed by atoms with E-state index in [4.69, 9.17) is 21.4 Å². The molecule has 0 spiro atoms. The molecule has 0 amide bonds. The molecule has 3 nitrogen and oxygen atoms in total. The highest BCUT2D eigenvalue weighted by molar-refractivity contribution is 6.33. The van der Waals surface area contributed by atoms with E-state index in [2.05, 4.69) is 5.32 Å². The maximum absolute atomic E-state index is 8.60. The molecule has 1 aromatic rings. The first-order valence-corrected chi connectivity index (χ1v) is 4.84. The van der Waals surface area contributed by atoms with Crippen LogP contribution in [0.25, 0.3) is 0 Å². The van der Waals surface area contributed by atoms with E-state index < -0.39 is 0 Å². The number of aliphatic hydroxyl groups is 1. The molecule has 2 N–H and O–H groups in total. The molecule has 14 heavy (non-hydrogen) atoms. The van der Waals surface area contributed by atoms with Crippen molar-refractivity contribution in [1.82, 2.24) is 0 Å². The second-order valence-corrected chi connectivity index (χ2v) is 3.26. The zero-order valence-electron chi connectivity index (χ0n) is 8.09. The van der Waals surface area contributed by atoms with Crippen LogP contribution >= 0.6 is 11.6 Å². The van der Waals surface area contributed by atoms with Gasteiger partial charge in [-0.2, -0.15) is 0 Å². The summed E-state index contributed by atoms with van der Waals surface area (Å²) in [6.45, 7) is 0.892. The van der Waals surface area contributed by atoms with Gasteiger partial charge >= 0.3 is 0 Å². The summed E-state index contributed by atoms with van der Waals surface area (Å²) in [7, 11) is 1.60. The number of rotatable bonds is 5. The van der Waals surface area contributed by atoms with Gasteiger partial charge in [0.1, 0.15) is 5.75 Å². The van der Waals surface area contributed by atoms with Gasteiger partial charge in [0, 0.05) is 19.2 Å². The highest BCUT2D eigenvalue weighted by atomic mass is 35.5. The van der Waals surface area contributed by atoms with Gasteiger partial charge in [0.15, 0.2) is 0 Å².